The molecule has 1 rings (SSSR count). The molecule has 0 aliphatic carbocycles. The summed E-state index contributed by atoms with van der Waals surface area (Å²) in [7, 11) is -1.23. The first-order valence-corrected chi connectivity index (χ1v) is 7.87. The van der Waals surface area contributed by atoms with Gasteiger partial charge in [0, 0.05) is 18.6 Å². The monoisotopic (exact) mass is 299 g/mol. The fourth-order valence-electron chi connectivity index (χ4n) is 1.61. The maximum atomic E-state index is 12.1. The molecule has 1 unspecified atom stereocenters. The van der Waals surface area contributed by atoms with Crippen LogP contribution in [0.3, 0.4) is 0 Å². The van der Waals surface area contributed by atoms with Crippen molar-refractivity contribution in [1.82, 2.24) is 4.72 Å². The molecule has 0 aromatic heterocycles. The number of nitrogens with one attached hydrogen (secondary N) is 1. The Morgan fingerprint density at radius 3 is 2.15 bits per heavy atom. The Morgan fingerprint density at radius 2 is 1.70 bits per heavy atom. The summed E-state index contributed by atoms with van der Waals surface area (Å²) in [6.45, 7) is 9.86. The molecule has 0 heterocycles. The van der Waals surface area contributed by atoms with Gasteiger partial charge in [0.15, 0.2) is 0 Å². The normalized spacial score (nSPS) is 14.1. The summed E-state index contributed by atoms with van der Waals surface area (Å²) in [6.07, 6.45) is 0.562. The van der Waals surface area contributed by atoms with E-state index >= 15 is 0 Å². The van der Waals surface area contributed by atoms with Gasteiger partial charge in [0.2, 0.25) is 0 Å². The Kier molecular flexibility index (Phi) is 5.74. The summed E-state index contributed by atoms with van der Waals surface area (Å²) in [5.41, 5.74) is -0.623. The lowest BCUT2D eigenvalue weighted by Gasteiger charge is -2.25. The molecule has 0 radical (unpaired) electrons. The highest BCUT2D eigenvalue weighted by Gasteiger charge is 2.19. The minimum Gasteiger partial charge on any atom is -0.488 e. The van der Waals surface area contributed by atoms with Crippen LogP contribution >= 0.6 is 0 Å². The Morgan fingerprint density at radius 1 is 1.15 bits per heavy atom. The second-order valence-electron chi connectivity index (χ2n) is 6.43. The van der Waals surface area contributed by atoms with E-state index in [-0.39, 0.29) is 12.1 Å². The Bertz CT molecular complexity index is 449. The number of aliphatic hydroxyl groups is 1. The Balaban J connectivity index is 2.72. The molecule has 0 amide bonds. The van der Waals surface area contributed by atoms with Crippen LogP contribution in [0.1, 0.15) is 41.0 Å². The molecular formula is C15H25NO3S. The molecule has 5 heteroatoms. The molecule has 0 spiro atoms. The summed E-state index contributed by atoms with van der Waals surface area (Å²) in [6, 6.07) is 7.19. The summed E-state index contributed by atoms with van der Waals surface area (Å²) >= 11 is 0. The molecule has 4 nitrogen and oxygen atoms in total. The summed E-state index contributed by atoms with van der Waals surface area (Å²) < 4.78 is 20.9. The molecule has 0 fully saturated rings. The predicted molar refractivity (Wildman–Crippen MR) is 82.1 cm³/mol. The van der Waals surface area contributed by atoms with Gasteiger partial charge in [-0.05, 0) is 58.9 Å². The zero-order chi connectivity index (χ0) is 15.4. The topological polar surface area (TPSA) is 58.6 Å². The van der Waals surface area contributed by atoms with Crippen molar-refractivity contribution in [2.45, 2.75) is 57.1 Å². The molecule has 2 N–H and O–H groups in total. The molecule has 0 aliphatic rings. The van der Waals surface area contributed by atoms with Gasteiger partial charge < -0.3 is 9.84 Å². The van der Waals surface area contributed by atoms with Crippen LogP contribution in [0, 0.1) is 0 Å². The second kappa shape index (κ2) is 6.70. The molecule has 0 saturated heterocycles. The first-order valence-electron chi connectivity index (χ1n) is 6.72. The van der Waals surface area contributed by atoms with Crippen molar-refractivity contribution < 1.29 is 14.1 Å². The standard InChI is InChI=1S/C15H25NO3S/c1-14(2,3)16-20(18)13-8-6-12(7-9-13)19-15(4,5)10-11-17/h6-9,16-17H,10-11H2,1-5H3. The molecular weight excluding hydrogens is 274 g/mol. The molecule has 20 heavy (non-hydrogen) atoms. The average molecular weight is 299 g/mol. The van der Waals surface area contributed by atoms with Crippen molar-refractivity contribution in [3.05, 3.63) is 24.3 Å². The number of ether oxygens (including phenoxy) is 1. The van der Waals surface area contributed by atoms with Gasteiger partial charge in [0.05, 0.1) is 4.90 Å². The molecule has 1 atom stereocenters. The maximum absolute atomic E-state index is 12.1. The lowest BCUT2D eigenvalue weighted by atomic mass is 10.1. The van der Waals surface area contributed by atoms with E-state index in [0.717, 1.165) is 0 Å². The minimum absolute atomic E-state index is 0.0879. The third-order valence-electron chi connectivity index (χ3n) is 2.54. The first-order chi connectivity index (χ1) is 9.13. The quantitative estimate of drug-likeness (QED) is 0.849. The molecule has 0 saturated carbocycles. The van der Waals surface area contributed by atoms with Crippen LogP contribution in [0.5, 0.6) is 5.75 Å². The van der Waals surface area contributed by atoms with E-state index in [9.17, 15) is 4.21 Å². The van der Waals surface area contributed by atoms with Gasteiger partial charge in [-0.1, -0.05) is 0 Å². The van der Waals surface area contributed by atoms with Gasteiger partial charge in [0.25, 0.3) is 0 Å². The fourth-order valence-corrected chi connectivity index (χ4v) is 2.66. The van der Waals surface area contributed by atoms with Crippen molar-refractivity contribution >= 4 is 11.0 Å². The van der Waals surface area contributed by atoms with Gasteiger partial charge >= 0.3 is 0 Å². The van der Waals surface area contributed by atoms with Crippen molar-refractivity contribution in [3.8, 4) is 5.75 Å². The lowest BCUT2D eigenvalue weighted by molar-refractivity contribution is 0.0764. The van der Waals surface area contributed by atoms with E-state index in [0.29, 0.717) is 17.1 Å². The minimum atomic E-state index is -1.23. The van der Waals surface area contributed by atoms with Crippen LogP contribution in [-0.4, -0.2) is 27.1 Å². The third kappa shape index (κ3) is 6.03. The largest absolute Gasteiger partial charge is 0.488 e. The Labute approximate surface area is 124 Å². The van der Waals surface area contributed by atoms with Gasteiger partial charge in [-0.2, -0.15) is 0 Å². The van der Waals surface area contributed by atoms with Crippen LogP contribution < -0.4 is 9.46 Å². The highest BCUT2D eigenvalue weighted by Crippen LogP contribution is 2.22. The summed E-state index contributed by atoms with van der Waals surface area (Å²) in [5.74, 6) is 0.708. The van der Waals surface area contributed by atoms with Crippen molar-refractivity contribution in [2.24, 2.45) is 0 Å². The van der Waals surface area contributed by atoms with Gasteiger partial charge in [-0.15, -0.1) is 0 Å². The van der Waals surface area contributed by atoms with E-state index in [1.807, 2.05) is 34.6 Å². The van der Waals surface area contributed by atoms with Crippen LogP contribution in [0.2, 0.25) is 0 Å². The van der Waals surface area contributed by atoms with Crippen molar-refractivity contribution in [2.75, 3.05) is 6.61 Å². The van der Waals surface area contributed by atoms with Gasteiger partial charge in [-0.25, -0.2) is 8.93 Å². The van der Waals surface area contributed by atoms with Gasteiger partial charge in [0.1, 0.15) is 22.3 Å². The van der Waals surface area contributed by atoms with Crippen molar-refractivity contribution in [3.63, 3.8) is 0 Å². The zero-order valence-corrected chi connectivity index (χ0v) is 13.7. The summed E-state index contributed by atoms with van der Waals surface area (Å²) in [4.78, 5) is 0.715. The fraction of sp³-hybridized carbons (Fsp3) is 0.600. The van der Waals surface area contributed by atoms with Crippen LogP contribution in [0.15, 0.2) is 29.2 Å². The van der Waals surface area contributed by atoms with Crippen LogP contribution in [-0.2, 0) is 11.0 Å². The summed E-state index contributed by atoms with van der Waals surface area (Å²) in [5, 5.41) is 8.98. The molecule has 114 valence electrons. The SMILES string of the molecule is CC(C)(C)NS(=O)c1ccc(OC(C)(C)CCO)cc1. The lowest BCUT2D eigenvalue weighted by Crippen LogP contribution is -2.37. The number of hydrogen-bond acceptors (Lipinski definition) is 3. The van der Waals surface area contributed by atoms with E-state index in [1.165, 1.54) is 0 Å². The molecule has 0 bridgehead atoms. The smallest absolute Gasteiger partial charge is 0.125 e. The predicted octanol–water partition coefficient (Wildman–Crippen LogP) is 2.64. The second-order valence-corrected chi connectivity index (χ2v) is 7.64. The van der Waals surface area contributed by atoms with E-state index in [1.54, 1.807) is 24.3 Å². The maximum Gasteiger partial charge on any atom is 0.125 e. The van der Waals surface area contributed by atoms with Crippen LogP contribution in [0.4, 0.5) is 0 Å². The highest BCUT2D eigenvalue weighted by atomic mass is 32.2. The van der Waals surface area contributed by atoms with Gasteiger partial charge in [-0.3, -0.25) is 0 Å². The van der Waals surface area contributed by atoms with Crippen molar-refractivity contribution in [1.29, 1.82) is 0 Å². The number of hydrogen-bond donors (Lipinski definition) is 2. The van der Waals surface area contributed by atoms with E-state index in [4.69, 9.17) is 9.84 Å². The van der Waals surface area contributed by atoms with Crippen LogP contribution in [0.25, 0.3) is 0 Å². The number of benzene rings is 1. The van der Waals surface area contributed by atoms with E-state index in [2.05, 4.69) is 4.72 Å². The Hall–Kier alpha value is -0.910. The zero-order valence-electron chi connectivity index (χ0n) is 12.9. The average Bonchev–Trinajstić information content (AvgIpc) is 2.26. The first kappa shape index (κ1) is 17.1. The number of aliphatic hydroxyl groups excluding tert-OH is 1. The van der Waals surface area contributed by atoms with E-state index < -0.39 is 16.6 Å². The third-order valence-corrected chi connectivity index (χ3v) is 4.04. The highest BCUT2D eigenvalue weighted by molar-refractivity contribution is 7.83. The molecule has 1 aromatic carbocycles. The molecule has 1 aromatic rings. The number of rotatable bonds is 6. The molecule has 0 aliphatic heterocycles.